The fraction of sp³-hybridized carbons (Fsp3) is 0.522. The number of thiophene rings is 1. The quantitative estimate of drug-likeness (QED) is 0.750. The molecule has 0 saturated carbocycles. The lowest BCUT2D eigenvalue weighted by molar-refractivity contribution is -0.114. The Labute approximate surface area is 182 Å². The molecular weight excluding hydrogens is 400 g/mol. The highest BCUT2D eigenvalue weighted by molar-refractivity contribution is 7.16. The molecule has 162 valence electrons. The van der Waals surface area contributed by atoms with E-state index in [2.05, 4.69) is 22.3 Å². The zero-order valence-electron chi connectivity index (χ0n) is 18.0. The van der Waals surface area contributed by atoms with Crippen LogP contribution in [0, 0.1) is 0 Å². The molecule has 1 aliphatic carbocycles. The van der Waals surface area contributed by atoms with Gasteiger partial charge in [0.1, 0.15) is 5.00 Å². The van der Waals surface area contributed by atoms with E-state index in [0.717, 1.165) is 48.0 Å². The van der Waals surface area contributed by atoms with Crippen molar-refractivity contribution < 1.29 is 19.0 Å². The van der Waals surface area contributed by atoms with Gasteiger partial charge in [-0.15, -0.1) is 11.3 Å². The SMILES string of the molecule is COc1ccc(C(c2c(NC(C)=O)sc3c2CCCC3)N2CCOCC2)cc1OC. The summed E-state index contributed by atoms with van der Waals surface area (Å²) in [6, 6.07) is 6.20. The largest absolute Gasteiger partial charge is 0.493 e. The maximum Gasteiger partial charge on any atom is 0.221 e. The zero-order valence-corrected chi connectivity index (χ0v) is 18.8. The highest BCUT2D eigenvalue weighted by Gasteiger charge is 2.33. The van der Waals surface area contributed by atoms with Crippen LogP contribution in [-0.2, 0) is 22.4 Å². The highest BCUT2D eigenvalue weighted by Crippen LogP contribution is 2.46. The van der Waals surface area contributed by atoms with E-state index in [1.807, 2.05) is 6.07 Å². The second-order valence-electron chi connectivity index (χ2n) is 7.80. The normalized spacial score (nSPS) is 17.8. The molecule has 6 nitrogen and oxygen atoms in total. The Balaban J connectivity index is 1.87. The zero-order chi connectivity index (χ0) is 21.1. The van der Waals surface area contributed by atoms with Gasteiger partial charge in [0.2, 0.25) is 5.91 Å². The first-order valence-electron chi connectivity index (χ1n) is 10.6. The van der Waals surface area contributed by atoms with Crippen molar-refractivity contribution >= 4 is 22.2 Å². The number of nitrogens with zero attached hydrogens (tertiary/aromatic N) is 1. The summed E-state index contributed by atoms with van der Waals surface area (Å²) in [6.07, 6.45) is 4.56. The van der Waals surface area contributed by atoms with E-state index in [1.54, 1.807) is 32.5 Å². The van der Waals surface area contributed by atoms with Crippen molar-refractivity contribution in [2.24, 2.45) is 0 Å². The molecule has 0 bridgehead atoms. The average Bonchev–Trinajstić information content (AvgIpc) is 3.11. The van der Waals surface area contributed by atoms with Gasteiger partial charge in [0.15, 0.2) is 11.5 Å². The van der Waals surface area contributed by atoms with Gasteiger partial charge in [-0.1, -0.05) is 6.07 Å². The number of rotatable bonds is 6. The Morgan fingerprint density at radius 3 is 2.57 bits per heavy atom. The summed E-state index contributed by atoms with van der Waals surface area (Å²) in [6.45, 7) is 4.71. The number of nitrogens with one attached hydrogen (secondary N) is 1. The predicted octanol–water partition coefficient (Wildman–Crippen LogP) is 4.02. The second kappa shape index (κ2) is 9.37. The molecule has 1 unspecified atom stereocenters. The number of ether oxygens (including phenoxy) is 3. The van der Waals surface area contributed by atoms with Crippen molar-refractivity contribution in [1.82, 2.24) is 4.90 Å². The summed E-state index contributed by atoms with van der Waals surface area (Å²) in [4.78, 5) is 15.9. The highest BCUT2D eigenvalue weighted by atomic mass is 32.1. The van der Waals surface area contributed by atoms with Crippen LogP contribution in [-0.4, -0.2) is 51.3 Å². The molecule has 1 saturated heterocycles. The minimum absolute atomic E-state index is 0.0251. The summed E-state index contributed by atoms with van der Waals surface area (Å²) in [5, 5.41) is 4.12. The maximum atomic E-state index is 12.0. The fourth-order valence-electron chi connectivity index (χ4n) is 4.55. The van der Waals surface area contributed by atoms with Gasteiger partial charge in [0.25, 0.3) is 0 Å². The standard InChI is InChI=1S/C23H30N2O4S/c1-15(26)24-23-21(17-6-4-5-7-20(17)30-23)22(25-10-12-29-13-11-25)16-8-9-18(27-2)19(14-16)28-3/h8-9,14,22H,4-7,10-13H2,1-3H3,(H,24,26). The van der Waals surface area contributed by atoms with Gasteiger partial charge in [-0.05, 0) is 48.9 Å². The molecule has 1 amide bonds. The van der Waals surface area contributed by atoms with Crippen molar-refractivity contribution in [3.8, 4) is 11.5 Å². The van der Waals surface area contributed by atoms with Crippen molar-refractivity contribution in [2.75, 3.05) is 45.8 Å². The van der Waals surface area contributed by atoms with Crippen molar-refractivity contribution in [1.29, 1.82) is 0 Å². The molecule has 30 heavy (non-hydrogen) atoms. The Hall–Kier alpha value is -2.09. The molecule has 1 aliphatic heterocycles. The van der Waals surface area contributed by atoms with Gasteiger partial charge in [-0.2, -0.15) is 0 Å². The molecule has 7 heteroatoms. The molecule has 2 aliphatic rings. The van der Waals surface area contributed by atoms with Gasteiger partial charge < -0.3 is 19.5 Å². The average molecular weight is 431 g/mol. The minimum Gasteiger partial charge on any atom is -0.493 e. The van der Waals surface area contributed by atoms with Crippen LogP contribution in [0.2, 0.25) is 0 Å². The molecular formula is C23H30N2O4S. The summed E-state index contributed by atoms with van der Waals surface area (Å²) in [5.74, 6) is 1.41. The Kier molecular flexibility index (Phi) is 6.61. The molecule has 1 aromatic heterocycles. The van der Waals surface area contributed by atoms with E-state index in [-0.39, 0.29) is 11.9 Å². The molecule has 1 atom stereocenters. The van der Waals surface area contributed by atoms with Crippen LogP contribution in [0.1, 0.15) is 47.4 Å². The molecule has 0 spiro atoms. The first-order chi connectivity index (χ1) is 14.6. The molecule has 1 N–H and O–H groups in total. The van der Waals surface area contributed by atoms with Gasteiger partial charge >= 0.3 is 0 Å². The number of fused-ring (bicyclic) bond motifs is 1. The fourth-order valence-corrected chi connectivity index (χ4v) is 5.92. The van der Waals surface area contributed by atoms with Gasteiger partial charge in [-0.25, -0.2) is 0 Å². The van der Waals surface area contributed by atoms with E-state index >= 15 is 0 Å². The smallest absolute Gasteiger partial charge is 0.221 e. The van der Waals surface area contributed by atoms with E-state index < -0.39 is 0 Å². The van der Waals surface area contributed by atoms with Crippen LogP contribution in [0.15, 0.2) is 18.2 Å². The molecule has 1 aromatic carbocycles. The number of amides is 1. The second-order valence-corrected chi connectivity index (χ2v) is 8.91. The Bertz CT molecular complexity index is 905. The maximum absolute atomic E-state index is 12.0. The topological polar surface area (TPSA) is 60.0 Å². The number of anilines is 1. The molecule has 2 heterocycles. The summed E-state index contributed by atoms with van der Waals surface area (Å²) in [5.41, 5.74) is 3.81. The third-order valence-corrected chi connectivity index (χ3v) is 7.13. The summed E-state index contributed by atoms with van der Waals surface area (Å²) < 4.78 is 16.7. The Morgan fingerprint density at radius 2 is 1.87 bits per heavy atom. The van der Waals surface area contributed by atoms with Crippen LogP contribution in [0.25, 0.3) is 0 Å². The van der Waals surface area contributed by atoms with Gasteiger partial charge in [-0.3, -0.25) is 9.69 Å². The van der Waals surface area contributed by atoms with Crippen molar-refractivity contribution in [3.05, 3.63) is 39.8 Å². The molecule has 2 aromatic rings. The van der Waals surface area contributed by atoms with Crippen LogP contribution in [0.3, 0.4) is 0 Å². The third kappa shape index (κ3) is 4.19. The van der Waals surface area contributed by atoms with Crippen LogP contribution in [0.5, 0.6) is 11.5 Å². The van der Waals surface area contributed by atoms with E-state index in [4.69, 9.17) is 14.2 Å². The lowest BCUT2D eigenvalue weighted by atomic mass is 9.88. The third-order valence-electron chi connectivity index (χ3n) is 5.91. The lowest BCUT2D eigenvalue weighted by Crippen LogP contribution is -2.40. The minimum atomic E-state index is -0.0251. The van der Waals surface area contributed by atoms with E-state index in [9.17, 15) is 4.79 Å². The number of morpholine rings is 1. The first-order valence-corrected chi connectivity index (χ1v) is 11.4. The van der Waals surface area contributed by atoms with Gasteiger partial charge in [0.05, 0.1) is 33.5 Å². The molecule has 4 rings (SSSR count). The number of hydrogen-bond donors (Lipinski definition) is 1. The number of hydrogen-bond acceptors (Lipinski definition) is 6. The number of benzene rings is 1. The summed E-state index contributed by atoms with van der Waals surface area (Å²) >= 11 is 1.75. The molecule has 0 radical (unpaired) electrons. The van der Waals surface area contributed by atoms with Crippen LogP contribution < -0.4 is 14.8 Å². The van der Waals surface area contributed by atoms with E-state index in [0.29, 0.717) is 13.2 Å². The van der Waals surface area contributed by atoms with Crippen molar-refractivity contribution in [3.63, 3.8) is 0 Å². The number of carbonyl (C=O) groups is 1. The van der Waals surface area contributed by atoms with Crippen molar-refractivity contribution in [2.45, 2.75) is 38.6 Å². The molecule has 1 fully saturated rings. The monoisotopic (exact) mass is 430 g/mol. The lowest BCUT2D eigenvalue weighted by Gasteiger charge is -2.36. The number of methoxy groups -OCH3 is 2. The van der Waals surface area contributed by atoms with E-state index in [1.165, 1.54) is 28.8 Å². The van der Waals surface area contributed by atoms with Gasteiger partial charge in [0, 0.05) is 30.5 Å². The van der Waals surface area contributed by atoms with Crippen LogP contribution in [0.4, 0.5) is 5.00 Å². The van der Waals surface area contributed by atoms with Crippen LogP contribution >= 0.6 is 11.3 Å². The number of carbonyl (C=O) groups excluding carboxylic acids is 1. The first kappa shape index (κ1) is 21.2. The summed E-state index contributed by atoms with van der Waals surface area (Å²) in [7, 11) is 3.32. The number of aryl methyl sites for hydroxylation is 1. The predicted molar refractivity (Wildman–Crippen MR) is 119 cm³/mol. The Morgan fingerprint density at radius 1 is 1.13 bits per heavy atom.